The van der Waals surface area contributed by atoms with Crippen molar-refractivity contribution in [2.45, 2.75) is 20.3 Å². The van der Waals surface area contributed by atoms with Gasteiger partial charge in [0.25, 0.3) is 0 Å². The molecule has 2 N–H and O–H groups in total. The quantitative estimate of drug-likeness (QED) is 0.708. The number of hydrogen-bond donors (Lipinski definition) is 2. The molecule has 2 amide bonds. The highest BCUT2D eigenvalue weighted by molar-refractivity contribution is 5.80. The summed E-state index contributed by atoms with van der Waals surface area (Å²) in [5.41, 5.74) is 0. The number of nitrogens with one attached hydrogen (secondary N) is 1. The number of rotatable bonds is 4. The molecular weight excluding hydrogens is 224 g/mol. The second-order valence-corrected chi connectivity index (χ2v) is 4.45. The van der Waals surface area contributed by atoms with Gasteiger partial charge in [-0.3, -0.25) is 14.4 Å². The molecule has 6 nitrogen and oxygen atoms in total. The zero-order chi connectivity index (χ0) is 13.0. The van der Waals surface area contributed by atoms with Gasteiger partial charge >= 0.3 is 5.97 Å². The Hall–Kier alpha value is -1.59. The van der Waals surface area contributed by atoms with Crippen molar-refractivity contribution in [3.8, 4) is 0 Å². The molecule has 0 bridgehead atoms. The van der Waals surface area contributed by atoms with Crippen molar-refractivity contribution < 1.29 is 19.5 Å². The van der Waals surface area contributed by atoms with E-state index in [9.17, 15) is 14.4 Å². The topological polar surface area (TPSA) is 86.7 Å². The number of carbonyl (C=O) groups excluding carboxylic acids is 2. The molecule has 1 fully saturated rings. The number of carboxylic acid groups (broad SMARTS) is 1. The van der Waals surface area contributed by atoms with E-state index in [0.717, 1.165) is 0 Å². The van der Waals surface area contributed by atoms with Crippen LogP contribution in [-0.2, 0) is 14.4 Å². The molecule has 0 saturated carbocycles. The number of hydrogen-bond acceptors (Lipinski definition) is 3. The second kappa shape index (κ2) is 5.65. The Morgan fingerprint density at radius 3 is 2.47 bits per heavy atom. The highest BCUT2D eigenvalue weighted by Crippen LogP contribution is 2.23. The lowest BCUT2D eigenvalue weighted by Crippen LogP contribution is -2.33. The third-order valence-corrected chi connectivity index (χ3v) is 3.00. The van der Waals surface area contributed by atoms with Crippen LogP contribution in [0.25, 0.3) is 0 Å². The van der Waals surface area contributed by atoms with E-state index in [1.165, 1.54) is 6.92 Å². The summed E-state index contributed by atoms with van der Waals surface area (Å²) in [6.07, 6.45) is 0.221. The SMILES string of the molecule is CC(=O)NCCC(=O)N1C[C@@H](C)[C@H](C(=O)O)C1. The van der Waals surface area contributed by atoms with Gasteiger partial charge in [0.2, 0.25) is 11.8 Å². The second-order valence-electron chi connectivity index (χ2n) is 4.45. The van der Waals surface area contributed by atoms with E-state index in [1.54, 1.807) is 4.90 Å². The summed E-state index contributed by atoms with van der Waals surface area (Å²) >= 11 is 0. The summed E-state index contributed by atoms with van der Waals surface area (Å²) in [5, 5.41) is 11.5. The van der Waals surface area contributed by atoms with E-state index in [-0.39, 0.29) is 30.7 Å². The fraction of sp³-hybridized carbons (Fsp3) is 0.727. The number of carboxylic acids is 1. The number of amides is 2. The van der Waals surface area contributed by atoms with Crippen molar-refractivity contribution in [3.05, 3.63) is 0 Å². The molecule has 96 valence electrons. The normalized spacial score (nSPS) is 23.5. The number of nitrogens with zero attached hydrogens (tertiary/aromatic N) is 1. The predicted molar refractivity (Wildman–Crippen MR) is 60.2 cm³/mol. The maximum Gasteiger partial charge on any atom is 0.308 e. The standard InChI is InChI=1S/C11H18N2O4/c1-7-5-13(6-9(7)11(16)17)10(15)3-4-12-8(2)14/h7,9H,3-6H2,1-2H3,(H,12,14)(H,16,17)/t7-,9-/m1/s1. The van der Waals surface area contributed by atoms with Gasteiger partial charge in [0, 0.05) is 33.0 Å². The van der Waals surface area contributed by atoms with Crippen LogP contribution in [-0.4, -0.2) is 47.4 Å². The molecule has 1 aliphatic heterocycles. The molecule has 0 aromatic heterocycles. The maximum atomic E-state index is 11.7. The molecule has 0 spiro atoms. The van der Waals surface area contributed by atoms with Crippen LogP contribution in [0.2, 0.25) is 0 Å². The predicted octanol–water partition coefficient (Wildman–Crippen LogP) is -0.308. The van der Waals surface area contributed by atoms with Gasteiger partial charge in [0.15, 0.2) is 0 Å². The van der Waals surface area contributed by atoms with E-state index in [2.05, 4.69) is 5.32 Å². The van der Waals surface area contributed by atoms with Gasteiger partial charge in [-0.1, -0.05) is 6.92 Å². The Morgan fingerprint density at radius 1 is 1.35 bits per heavy atom. The van der Waals surface area contributed by atoms with Crippen LogP contribution >= 0.6 is 0 Å². The average molecular weight is 242 g/mol. The molecule has 0 unspecified atom stereocenters. The lowest BCUT2D eigenvalue weighted by molar-refractivity contribution is -0.142. The molecule has 17 heavy (non-hydrogen) atoms. The fourth-order valence-electron chi connectivity index (χ4n) is 2.00. The first-order valence-corrected chi connectivity index (χ1v) is 5.67. The van der Waals surface area contributed by atoms with Crippen molar-refractivity contribution in [1.29, 1.82) is 0 Å². The van der Waals surface area contributed by atoms with Crippen LogP contribution in [0.3, 0.4) is 0 Å². The Labute approximate surface area is 100.0 Å². The van der Waals surface area contributed by atoms with E-state index < -0.39 is 11.9 Å². The first-order valence-electron chi connectivity index (χ1n) is 5.67. The molecule has 1 rings (SSSR count). The number of carbonyl (C=O) groups is 3. The van der Waals surface area contributed by atoms with Crippen LogP contribution in [0, 0.1) is 11.8 Å². The molecule has 1 aliphatic rings. The molecule has 0 aromatic rings. The largest absolute Gasteiger partial charge is 0.481 e. The van der Waals surface area contributed by atoms with Gasteiger partial charge < -0.3 is 15.3 Å². The monoisotopic (exact) mass is 242 g/mol. The van der Waals surface area contributed by atoms with Crippen molar-refractivity contribution in [1.82, 2.24) is 10.2 Å². The highest BCUT2D eigenvalue weighted by Gasteiger charge is 2.36. The minimum atomic E-state index is -0.852. The van der Waals surface area contributed by atoms with Gasteiger partial charge in [0.1, 0.15) is 0 Å². The van der Waals surface area contributed by atoms with Crippen molar-refractivity contribution >= 4 is 17.8 Å². The third kappa shape index (κ3) is 3.72. The highest BCUT2D eigenvalue weighted by atomic mass is 16.4. The fourth-order valence-corrected chi connectivity index (χ4v) is 2.00. The summed E-state index contributed by atoms with van der Waals surface area (Å²) in [6.45, 7) is 4.28. The van der Waals surface area contributed by atoms with E-state index in [4.69, 9.17) is 5.11 Å². The van der Waals surface area contributed by atoms with E-state index in [0.29, 0.717) is 13.1 Å². The van der Waals surface area contributed by atoms with Gasteiger partial charge in [-0.25, -0.2) is 0 Å². The lowest BCUT2D eigenvalue weighted by atomic mass is 9.99. The van der Waals surface area contributed by atoms with Crippen molar-refractivity contribution in [2.75, 3.05) is 19.6 Å². The van der Waals surface area contributed by atoms with E-state index >= 15 is 0 Å². The molecule has 0 aromatic carbocycles. The Morgan fingerprint density at radius 2 is 2.00 bits per heavy atom. The molecule has 1 heterocycles. The molecule has 2 atom stereocenters. The van der Waals surface area contributed by atoms with Crippen LogP contribution in [0.5, 0.6) is 0 Å². The molecule has 6 heteroatoms. The van der Waals surface area contributed by atoms with Crippen LogP contribution < -0.4 is 5.32 Å². The lowest BCUT2D eigenvalue weighted by Gasteiger charge is -2.15. The first-order chi connectivity index (χ1) is 7.91. The van der Waals surface area contributed by atoms with Crippen molar-refractivity contribution in [3.63, 3.8) is 0 Å². The molecule has 1 saturated heterocycles. The molecular formula is C11H18N2O4. The van der Waals surface area contributed by atoms with Crippen molar-refractivity contribution in [2.24, 2.45) is 11.8 Å². The Balaban J connectivity index is 2.39. The van der Waals surface area contributed by atoms with Gasteiger partial charge in [0.05, 0.1) is 5.92 Å². The average Bonchev–Trinajstić information content (AvgIpc) is 2.59. The minimum absolute atomic E-state index is 0.0165. The summed E-state index contributed by atoms with van der Waals surface area (Å²) < 4.78 is 0. The van der Waals surface area contributed by atoms with Crippen LogP contribution in [0.1, 0.15) is 20.3 Å². The zero-order valence-electron chi connectivity index (χ0n) is 10.1. The Bertz CT molecular complexity index is 329. The summed E-state index contributed by atoms with van der Waals surface area (Å²) in [7, 11) is 0. The third-order valence-electron chi connectivity index (χ3n) is 3.00. The minimum Gasteiger partial charge on any atom is -0.481 e. The van der Waals surface area contributed by atoms with Gasteiger partial charge in [-0.15, -0.1) is 0 Å². The van der Waals surface area contributed by atoms with Crippen LogP contribution in [0.4, 0.5) is 0 Å². The molecule has 0 aliphatic carbocycles. The van der Waals surface area contributed by atoms with E-state index in [1.807, 2.05) is 6.92 Å². The number of likely N-dealkylation sites (tertiary alicyclic amines) is 1. The zero-order valence-corrected chi connectivity index (χ0v) is 10.1. The van der Waals surface area contributed by atoms with Gasteiger partial charge in [-0.05, 0) is 5.92 Å². The summed E-state index contributed by atoms with van der Waals surface area (Å²) in [6, 6.07) is 0. The van der Waals surface area contributed by atoms with Gasteiger partial charge in [-0.2, -0.15) is 0 Å². The Kier molecular flexibility index (Phi) is 4.48. The smallest absolute Gasteiger partial charge is 0.308 e. The number of aliphatic carboxylic acids is 1. The summed E-state index contributed by atoms with van der Waals surface area (Å²) in [4.78, 5) is 34.8. The molecule has 0 radical (unpaired) electrons. The van der Waals surface area contributed by atoms with Crippen LogP contribution in [0.15, 0.2) is 0 Å². The maximum absolute atomic E-state index is 11.7. The first kappa shape index (κ1) is 13.5. The summed E-state index contributed by atoms with van der Waals surface area (Å²) in [5.74, 6) is -1.61.